The summed E-state index contributed by atoms with van der Waals surface area (Å²) in [5.74, 6) is -1.93. The molecule has 0 atom stereocenters. The molecule has 0 aliphatic heterocycles. The van der Waals surface area contributed by atoms with Crippen molar-refractivity contribution < 1.29 is 23.1 Å². The Labute approximate surface area is 138 Å². The van der Waals surface area contributed by atoms with E-state index in [1.54, 1.807) is 0 Å². The van der Waals surface area contributed by atoms with E-state index in [9.17, 15) is 18.4 Å². The second-order valence-electron chi connectivity index (χ2n) is 4.79. The van der Waals surface area contributed by atoms with Crippen LogP contribution >= 0.6 is 11.3 Å². The number of aromatic nitrogens is 1. The SMILES string of the molecule is COC(=O)c1cc(F)cc2sc(Nc3ccc(C=O)cc3F)nc12. The number of carbonyl (C=O) groups is 2. The number of benzene rings is 2. The summed E-state index contributed by atoms with van der Waals surface area (Å²) in [6, 6.07) is 6.20. The van der Waals surface area contributed by atoms with Crippen molar-refractivity contribution in [3.8, 4) is 0 Å². The molecule has 5 nitrogen and oxygen atoms in total. The molecule has 0 bridgehead atoms. The highest BCUT2D eigenvalue weighted by Crippen LogP contribution is 2.32. The van der Waals surface area contributed by atoms with Crippen molar-refractivity contribution in [3.05, 3.63) is 53.1 Å². The first-order chi connectivity index (χ1) is 11.5. The molecule has 0 fully saturated rings. The smallest absolute Gasteiger partial charge is 0.340 e. The van der Waals surface area contributed by atoms with Crippen LogP contribution in [-0.4, -0.2) is 24.3 Å². The van der Waals surface area contributed by atoms with E-state index >= 15 is 0 Å². The van der Waals surface area contributed by atoms with Crippen LogP contribution in [0.4, 0.5) is 19.6 Å². The summed E-state index contributed by atoms with van der Waals surface area (Å²) in [4.78, 5) is 26.6. The number of fused-ring (bicyclic) bond motifs is 1. The van der Waals surface area contributed by atoms with Crippen molar-refractivity contribution in [2.75, 3.05) is 12.4 Å². The van der Waals surface area contributed by atoms with Crippen LogP contribution in [0.5, 0.6) is 0 Å². The molecule has 0 aliphatic rings. The monoisotopic (exact) mass is 348 g/mol. The molecule has 0 spiro atoms. The van der Waals surface area contributed by atoms with Crippen LogP contribution in [0, 0.1) is 11.6 Å². The zero-order valence-electron chi connectivity index (χ0n) is 12.3. The second kappa shape index (κ2) is 6.32. The van der Waals surface area contributed by atoms with E-state index in [-0.39, 0.29) is 27.5 Å². The molecule has 0 amide bonds. The Kier molecular flexibility index (Phi) is 4.22. The molecule has 122 valence electrons. The first kappa shape index (κ1) is 16.0. The molecular weight excluding hydrogens is 338 g/mol. The van der Waals surface area contributed by atoms with Crippen molar-refractivity contribution >= 4 is 44.6 Å². The molecule has 0 saturated heterocycles. The van der Waals surface area contributed by atoms with Gasteiger partial charge in [-0.1, -0.05) is 11.3 Å². The lowest BCUT2D eigenvalue weighted by molar-refractivity contribution is 0.0602. The molecule has 3 rings (SSSR count). The second-order valence-corrected chi connectivity index (χ2v) is 5.82. The predicted molar refractivity (Wildman–Crippen MR) is 86.0 cm³/mol. The Balaban J connectivity index is 2.02. The number of aldehydes is 1. The Morgan fingerprint density at radius 3 is 2.75 bits per heavy atom. The van der Waals surface area contributed by atoms with Gasteiger partial charge < -0.3 is 10.1 Å². The number of rotatable bonds is 4. The highest BCUT2D eigenvalue weighted by molar-refractivity contribution is 7.22. The van der Waals surface area contributed by atoms with Crippen LogP contribution in [0.1, 0.15) is 20.7 Å². The minimum Gasteiger partial charge on any atom is -0.465 e. The summed E-state index contributed by atoms with van der Waals surface area (Å²) in [5.41, 5.74) is 0.575. The van der Waals surface area contributed by atoms with Gasteiger partial charge >= 0.3 is 5.97 Å². The van der Waals surface area contributed by atoms with Crippen LogP contribution in [0.25, 0.3) is 10.2 Å². The van der Waals surface area contributed by atoms with Gasteiger partial charge in [-0.3, -0.25) is 4.79 Å². The van der Waals surface area contributed by atoms with Gasteiger partial charge in [0.2, 0.25) is 0 Å². The van der Waals surface area contributed by atoms with Crippen molar-refractivity contribution in [1.29, 1.82) is 0 Å². The topological polar surface area (TPSA) is 68.3 Å². The van der Waals surface area contributed by atoms with Gasteiger partial charge in [0.25, 0.3) is 0 Å². The van der Waals surface area contributed by atoms with Crippen molar-refractivity contribution in [2.45, 2.75) is 0 Å². The third-order valence-corrected chi connectivity index (χ3v) is 4.15. The summed E-state index contributed by atoms with van der Waals surface area (Å²) in [7, 11) is 1.19. The van der Waals surface area contributed by atoms with E-state index in [1.165, 1.54) is 25.3 Å². The van der Waals surface area contributed by atoms with E-state index in [1.807, 2.05) is 0 Å². The Bertz CT molecular complexity index is 956. The molecule has 0 radical (unpaired) electrons. The van der Waals surface area contributed by atoms with E-state index in [2.05, 4.69) is 15.0 Å². The third-order valence-electron chi connectivity index (χ3n) is 3.24. The fourth-order valence-electron chi connectivity index (χ4n) is 2.14. The standard InChI is InChI=1S/C16H10F2N2O3S/c1-23-15(22)10-5-9(17)6-13-14(10)20-16(24-13)19-12-3-2-8(7-21)4-11(12)18/h2-7H,1H3,(H,19,20). The number of anilines is 2. The Morgan fingerprint density at radius 2 is 2.08 bits per heavy atom. The maximum Gasteiger partial charge on any atom is 0.340 e. The van der Waals surface area contributed by atoms with Crippen molar-refractivity contribution in [2.24, 2.45) is 0 Å². The maximum atomic E-state index is 13.9. The lowest BCUT2D eigenvalue weighted by Crippen LogP contribution is -2.03. The van der Waals surface area contributed by atoms with Crippen LogP contribution in [0.2, 0.25) is 0 Å². The molecule has 0 unspecified atom stereocenters. The van der Waals surface area contributed by atoms with Crippen LogP contribution in [-0.2, 0) is 4.74 Å². The highest BCUT2D eigenvalue weighted by Gasteiger charge is 2.17. The number of thiazole rings is 1. The van der Waals surface area contributed by atoms with Crippen molar-refractivity contribution in [3.63, 3.8) is 0 Å². The summed E-state index contributed by atoms with van der Waals surface area (Å²) in [6.45, 7) is 0. The third kappa shape index (κ3) is 2.95. The number of esters is 1. The van der Waals surface area contributed by atoms with Gasteiger partial charge in [0.15, 0.2) is 5.13 Å². The molecule has 0 saturated carbocycles. The summed E-state index contributed by atoms with van der Waals surface area (Å²) in [6.07, 6.45) is 0.538. The highest BCUT2D eigenvalue weighted by atomic mass is 32.1. The molecule has 2 aromatic carbocycles. The molecule has 1 N–H and O–H groups in total. The van der Waals surface area contributed by atoms with Gasteiger partial charge in [-0.05, 0) is 30.3 Å². The zero-order chi connectivity index (χ0) is 17.3. The Hall–Kier alpha value is -2.87. The number of methoxy groups -OCH3 is 1. The fraction of sp³-hybridized carbons (Fsp3) is 0.0625. The molecular formula is C16H10F2N2O3S. The maximum absolute atomic E-state index is 13.9. The van der Waals surface area contributed by atoms with Crippen LogP contribution < -0.4 is 5.32 Å². The fourth-order valence-corrected chi connectivity index (χ4v) is 3.07. The number of nitrogens with zero attached hydrogens (tertiary/aromatic N) is 1. The first-order valence-corrected chi connectivity index (χ1v) is 7.53. The number of halogens is 2. The van der Waals surface area contributed by atoms with Crippen molar-refractivity contribution in [1.82, 2.24) is 4.98 Å². The number of nitrogens with one attached hydrogen (secondary N) is 1. The molecule has 0 aliphatic carbocycles. The van der Waals surface area contributed by atoms with Gasteiger partial charge in [0.05, 0.1) is 28.6 Å². The quantitative estimate of drug-likeness (QED) is 0.572. The van der Waals surface area contributed by atoms with E-state index < -0.39 is 17.6 Å². The lowest BCUT2D eigenvalue weighted by Gasteiger charge is -2.04. The summed E-state index contributed by atoms with van der Waals surface area (Å²) < 4.78 is 32.6. The average Bonchev–Trinajstić information content (AvgIpc) is 2.97. The molecule has 8 heteroatoms. The minimum atomic E-state index is -0.710. The van der Waals surface area contributed by atoms with E-state index in [0.29, 0.717) is 11.0 Å². The van der Waals surface area contributed by atoms with E-state index in [4.69, 9.17) is 0 Å². The van der Waals surface area contributed by atoms with Gasteiger partial charge in [-0.25, -0.2) is 18.6 Å². The summed E-state index contributed by atoms with van der Waals surface area (Å²) in [5, 5.41) is 3.03. The van der Waals surface area contributed by atoms with E-state index in [0.717, 1.165) is 23.5 Å². The predicted octanol–water partition coefficient (Wildman–Crippen LogP) is 3.92. The van der Waals surface area contributed by atoms with Gasteiger partial charge in [0, 0.05) is 5.56 Å². The average molecular weight is 348 g/mol. The number of hydrogen-bond donors (Lipinski definition) is 1. The lowest BCUT2D eigenvalue weighted by atomic mass is 10.2. The first-order valence-electron chi connectivity index (χ1n) is 6.72. The summed E-state index contributed by atoms with van der Waals surface area (Å²) >= 11 is 1.06. The van der Waals surface area contributed by atoms with Crippen LogP contribution in [0.3, 0.4) is 0 Å². The Morgan fingerprint density at radius 1 is 1.29 bits per heavy atom. The molecule has 24 heavy (non-hydrogen) atoms. The number of ether oxygens (including phenoxy) is 1. The minimum absolute atomic E-state index is 0.00595. The van der Waals surface area contributed by atoms with Gasteiger partial charge in [0.1, 0.15) is 17.9 Å². The number of hydrogen-bond acceptors (Lipinski definition) is 6. The molecule has 1 heterocycles. The van der Waals surface area contributed by atoms with Crippen LogP contribution in [0.15, 0.2) is 30.3 Å². The zero-order valence-corrected chi connectivity index (χ0v) is 13.1. The van der Waals surface area contributed by atoms with Gasteiger partial charge in [-0.15, -0.1) is 0 Å². The largest absolute Gasteiger partial charge is 0.465 e. The molecule has 3 aromatic rings. The van der Waals surface area contributed by atoms with Gasteiger partial charge in [-0.2, -0.15) is 0 Å². The normalized spacial score (nSPS) is 10.6. The molecule has 1 aromatic heterocycles. The number of carbonyl (C=O) groups excluding carboxylic acids is 2.